The van der Waals surface area contributed by atoms with Crippen LogP contribution in [-0.4, -0.2) is 30.4 Å². The Bertz CT molecular complexity index is 405. The SMILES string of the molecule is CCN(CC)C(=O)CCNc1cc(Br)ccc1N. The number of hydrogen-bond acceptors (Lipinski definition) is 3. The van der Waals surface area contributed by atoms with Gasteiger partial charge < -0.3 is 16.0 Å². The highest BCUT2D eigenvalue weighted by molar-refractivity contribution is 9.10. The van der Waals surface area contributed by atoms with Gasteiger partial charge in [-0.25, -0.2) is 0 Å². The second-order valence-electron chi connectivity index (χ2n) is 3.97. The van der Waals surface area contributed by atoms with Crippen molar-refractivity contribution in [1.82, 2.24) is 4.90 Å². The number of rotatable bonds is 6. The maximum absolute atomic E-state index is 11.8. The molecule has 0 spiro atoms. The van der Waals surface area contributed by atoms with Gasteiger partial charge in [-0.2, -0.15) is 0 Å². The van der Waals surface area contributed by atoms with E-state index in [1.165, 1.54) is 0 Å². The molecule has 0 aromatic heterocycles. The van der Waals surface area contributed by atoms with Crippen molar-refractivity contribution in [2.24, 2.45) is 0 Å². The molecule has 1 rings (SSSR count). The second-order valence-corrected chi connectivity index (χ2v) is 4.89. The Morgan fingerprint density at radius 2 is 2.06 bits per heavy atom. The van der Waals surface area contributed by atoms with Crippen LogP contribution in [0.3, 0.4) is 0 Å². The van der Waals surface area contributed by atoms with E-state index in [9.17, 15) is 4.79 Å². The van der Waals surface area contributed by atoms with Crippen LogP contribution in [0, 0.1) is 0 Å². The second kappa shape index (κ2) is 7.26. The molecule has 0 atom stereocenters. The van der Waals surface area contributed by atoms with E-state index in [4.69, 9.17) is 5.73 Å². The predicted molar refractivity (Wildman–Crippen MR) is 79.6 cm³/mol. The summed E-state index contributed by atoms with van der Waals surface area (Å²) in [4.78, 5) is 13.6. The van der Waals surface area contributed by atoms with Gasteiger partial charge in [0.1, 0.15) is 0 Å². The van der Waals surface area contributed by atoms with E-state index in [1.807, 2.05) is 36.9 Å². The standard InChI is InChI=1S/C13H20BrN3O/c1-3-17(4-2)13(18)7-8-16-12-9-10(14)5-6-11(12)15/h5-6,9,16H,3-4,7-8,15H2,1-2H3. The average molecular weight is 314 g/mol. The monoisotopic (exact) mass is 313 g/mol. The summed E-state index contributed by atoms with van der Waals surface area (Å²) in [6, 6.07) is 5.64. The fraction of sp³-hybridized carbons (Fsp3) is 0.462. The number of halogens is 1. The van der Waals surface area contributed by atoms with E-state index in [0.29, 0.717) is 18.7 Å². The van der Waals surface area contributed by atoms with Gasteiger partial charge >= 0.3 is 0 Å². The van der Waals surface area contributed by atoms with E-state index in [-0.39, 0.29) is 5.91 Å². The number of nitrogens with zero attached hydrogens (tertiary/aromatic N) is 1. The molecule has 18 heavy (non-hydrogen) atoms. The highest BCUT2D eigenvalue weighted by Crippen LogP contribution is 2.23. The fourth-order valence-corrected chi connectivity index (χ4v) is 2.08. The summed E-state index contributed by atoms with van der Waals surface area (Å²) in [5, 5.41) is 3.19. The zero-order chi connectivity index (χ0) is 13.5. The van der Waals surface area contributed by atoms with E-state index in [2.05, 4.69) is 21.2 Å². The average Bonchev–Trinajstić information content (AvgIpc) is 2.35. The summed E-state index contributed by atoms with van der Waals surface area (Å²) >= 11 is 3.39. The summed E-state index contributed by atoms with van der Waals surface area (Å²) in [5.74, 6) is 0.168. The molecule has 0 heterocycles. The highest BCUT2D eigenvalue weighted by atomic mass is 79.9. The minimum Gasteiger partial charge on any atom is -0.397 e. The van der Waals surface area contributed by atoms with Gasteiger partial charge in [0.25, 0.3) is 0 Å². The molecule has 0 aliphatic carbocycles. The lowest BCUT2D eigenvalue weighted by molar-refractivity contribution is -0.130. The molecule has 4 nitrogen and oxygen atoms in total. The van der Waals surface area contributed by atoms with Crippen molar-refractivity contribution in [2.75, 3.05) is 30.7 Å². The minimum absolute atomic E-state index is 0.168. The Morgan fingerprint density at radius 1 is 1.39 bits per heavy atom. The molecule has 0 unspecified atom stereocenters. The van der Waals surface area contributed by atoms with E-state index < -0.39 is 0 Å². The van der Waals surface area contributed by atoms with Gasteiger partial charge in [-0.15, -0.1) is 0 Å². The fourth-order valence-electron chi connectivity index (χ4n) is 1.72. The van der Waals surface area contributed by atoms with Crippen molar-refractivity contribution in [1.29, 1.82) is 0 Å². The number of carbonyl (C=O) groups is 1. The lowest BCUT2D eigenvalue weighted by atomic mass is 10.2. The summed E-state index contributed by atoms with van der Waals surface area (Å²) in [5.41, 5.74) is 7.39. The number of amides is 1. The molecule has 0 fully saturated rings. The third kappa shape index (κ3) is 4.22. The molecule has 100 valence electrons. The van der Waals surface area contributed by atoms with Gasteiger partial charge in [0.2, 0.25) is 5.91 Å². The molecule has 1 aromatic rings. The van der Waals surface area contributed by atoms with Gasteiger partial charge in [-0.1, -0.05) is 15.9 Å². The van der Waals surface area contributed by atoms with Crippen LogP contribution in [0.2, 0.25) is 0 Å². The number of nitrogens with two attached hydrogens (primary N) is 1. The molecule has 1 amide bonds. The summed E-state index contributed by atoms with van der Waals surface area (Å²) in [6.07, 6.45) is 0.480. The van der Waals surface area contributed by atoms with Crippen molar-refractivity contribution >= 4 is 33.2 Å². The Morgan fingerprint density at radius 3 is 2.67 bits per heavy atom. The molecule has 0 saturated carbocycles. The van der Waals surface area contributed by atoms with E-state index >= 15 is 0 Å². The van der Waals surface area contributed by atoms with Crippen molar-refractivity contribution in [3.05, 3.63) is 22.7 Å². The zero-order valence-corrected chi connectivity index (χ0v) is 12.5. The zero-order valence-electron chi connectivity index (χ0n) is 10.9. The van der Waals surface area contributed by atoms with Gasteiger partial charge in [0.15, 0.2) is 0 Å². The normalized spacial score (nSPS) is 10.2. The number of benzene rings is 1. The third-order valence-electron chi connectivity index (χ3n) is 2.79. The highest BCUT2D eigenvalue weighted by Gasteiger charge is 2.08. The maximum Gasteiger partial charge on any atom is 0.224 e. The van der Waals surface area contributed by atoms with Gasteiger partial charge in [0.05, 0.1) is 11.4 Å². The van der Waals surface area contributed by atoms with Crippen LogP contribution in [0.4, 0.5) is 11.4 Å². The predicted octanol–water partition coefficient (Wildman–Crippen LogP) is 2.70. The van der Waals surface area contributed by atoms with Crippen LogP contribution < -0.4 is 11.1 Å². The largest absolute Gasteiger partial charge is 0.397 e. The molecule has 3 N–H and O–H groups in total. The molecule has 0 aliphatic heterocycles. The number of hydrogen-bond donors (Lipinski definition) is 2. The minimum atomic E-state index is 0.168. The van der Waals surface area contributed by atoms with Crippen LogP contribution in [0.25, 0.3) is 0 Å². The molecule has 0 saturated heterocycles. The first-order chi connectivity index (χ1) is 8.58. The Hall–Kier alpha value is -1.23. The summed E-state index contributed by atoms with van der Waals surface area (Å²) < 4.78 is 0.967. The first-order valence-corrected chi connectivity index (χ1v) is 6.94. The van der Waals surface area contributed by atoms with Crippen LogP contribution in [0.5, 0.6) is 0 Å². The molecular weight excluding hydrogens is 294 g/mol. The molecule has 5 heteroatoms. The number of nitrogens with one attached hydrogen (secondary N) is 1. The maximum atomic E-state index is 11.8. The topological polar surface area (TPSA) is 58.4 Å². The molecule has 0 radical (unpaired) electrons. The first-order valence-electron chi connectivity index (χ1n) is 6.15. The van der Waals surface area contributed by atoms with Crippen molar-refractivity contribution in [2.45, 2.75) is 20.3 Å². The Labute approximate surface area is 117 Å². The van der Waals surface area contributed by atoms with Gasteiger partial charge in [-0.05, 0) is 32.0 Å². The Kier molecular flexibility index (Phi) is 5.98. The lowest BCUT2D eigenvalue weighted by Gasteiger charge is -2.19. The Balaban J connectivity index is 2.46. The molecular formula is C13H20BrN3O. The molecule has 1 aromatic carbocycles. The third-order valence-corrected chi connectivity index (χ3v) is 3.28. The number of nitrogen functional groups attached to an aromatic ring is 1. The van der Waals surface area contributed by atoms with Crippen LogP contribution in [0.1, 0.15) is 20.3 Å². The summed E-state index contributed by atoms with van der Waals surface area (Å²) in [7, 11) is 0. The van der Waals surface area contributed by atoms with Crippen LogP contribution >= 0.6 is 15.9 Å². The summed E-state index contributed by atoms with van der Waals surface area (Å²) in [6.45, 7) is 6.08. The smallest absolute Gasteiger partial charge is 0.224 e. The van der Waals surface area contributed by atoms with Crippen LogP contribution in [-0.2, 0) is 4.79 Å². The number of carbonyl (C=O) groups excluding carboxylic acids is 1. The van der Waals surface area contributed by atoms with Gasteiger partial charge in [0, 0.05) is 30.5 Å². The van der Waals surface area contributed by atoms with Crippen molar-refractivity contribution in [3.8, 4) is 0 Å². The van der Waals surface area contributed by atoms with E-state index in [1.54, 1.807) is 0 Å². The van der Waals surface area contributed by atoms with E-state index in [0.717, 1.165) is 23.2 Å². The first kappa shape index (κ1) is 14.8. The lowest BCUT2D eigenvalue weighted by Crippen LogP contribution is -2.31. The number of anilines is 2. The molecule has 0 bridgehead atoms. The van der Waals surface area contributed by atoms with Crippen molar-refractivity contribution < 1.29 is 4.79 Å². The molecule has 0 aliphatic rings. The van der Waals surface area contributed by atoms with Crippen molar-refractivity contribution in [3.63, 3.8) is 0 Å². The van der Waals surface area contributed by atoms with Crippen LogP contribution in [0.15, 0.2) is 22.7 Å². The van der Waals surface area contributed by atoms with Gasteiger partial charge in [-0.3, -0.25) is 4.79 Å². The quantitative estimate of drug-likeness (QED) is 0.794.